The minimum Gasteiger partial charge on any atom is -0.348 e. The summed E-state index contributed by atoms with van der Waals surface area (Å²) in [5.41, 5.74) is 1.16. The number of unbranched alkanes of at least 4 members (excludes halogenated alkanes) is 1. The summed E-state index contributed by atoms with van der Waals surface area (Å²) in [6, 6.07) is 12.0. The highest BCUT2D eigenvalue weighted by molar-refractivity contribution is 5.94. The van der Waals surface area contributed by atoms with Gasteiger partial charge in [0.25, 0.3) is 5.91 Å². The van der Waals surface area contributed by atoms with Gasteiger partial charge < -0.3 is 5.32 Å². The summed E-state index contributed by atoms with van der Waals surface area (Å²) in [5, 5.41) is 2.64. The number of carbonyl (C=O) groups excluding carboxylic acids is 1. The van der Waals surface area contributed by atoms with Crippen molar-refractivity contribution in [2.24, 2.45) is 0 Å². The van der Waals surface area contributed by atoms with E-state index in [0.29, 0.717) is 11.1 Å². The van der Waals surface area contributed by atoms with Crippen LogP contribution < -0.4 is 5.32 Å². The molecule has 0 bridgehead atoms. The molecule has 2 rings (SSSR count). The van der Waals surface area contributed by atoms with E-state index in [1.165, 1.54) is 6.07 Å². The van der Waals surface area contributed by atoms with E-state index < -0.39 is 11.7 Å². The molecule has 0 aliphatic carbocycles. The number of rotatable bonds is 6. The highest BCUT2D eigenvalue weighted by Gasteiger charge is 2.30. The van der Waals surface area contributed by atoms with Gasteiger partial charge in [0, 0.05) is 12.1 Å². The summed E-state index contributed by atoms with van der Waals surface area (Å²) in [6.07, 6.45) is 1.75. The second-order valence-corrected chi connectivity index (χ2v) is 5.69. The van der Waals surface area contributed by atoms with Gasteiger partial charge in [-0.2, -0.15) is 13.2 Å². The van der Waals surface area contributed by atoms with Gasteiger partial charge in [-0.1, -0.05) is 49.8 Å². The number of benzene rings is 2. The number of alkyl halides is 3. The molecule has 0 heterocycles. The zero-order chi connectivity index (χ0) is 18.3. The van der Waals surface area contributed by atoms with Crippen molar-refractivity contribution >= 4 is 12.0 Å². The summed E-state index contributed by atoms with van der Waals surface area (Å²) in [4.78, 5) is 12.1. The van der Waals surface area contributed by atoms with E-state index in [1.807, 2.05) is 18.2 Å². The number of halogens is 3. The molecule has 0 unspecified atom stereocenters. The summed E-state index contributed by atoms with van der Waals surface area (Å²) in [6.45, 7) is 2.14. The van der Waals surface area contributed by atoms with Gasteiger partial charge in [-0.3, -0.25) is 4.79 Å². The molecular formula is C20H20F3NO. The zero-order valence-corrected chi connectivity index (χ0v) is 13.9. The first-order valence-electron chi connectivity index (χ1n) is 8.11. The lowest BCUT2D eigenvalue weighted by molar-refractivity contribution is -0.137. The molecule has 132 valence electrons. The number of carbonyl (C=O) groups is 1. The van der Waals surface area contributed by atoms with Gasteiger partial charge in [0.05, 0.1) is 5.56 Å². The van der Waals surface area contributed by atoms with Crippen LogP contribution in [0.2, 0.25) is 0 Å². The van der Waals surface area contributed by atoms with Crippen LogP contribution in [0.3, 0.4) is 0 Å². The number of hydrogen-bond donors (Lipinski definition) is 1. The molecule has 5 heteroatoms. The average Bonchev–Trinajstić information content (AvgIpc) is 2.60. The molecule has 1 amide bonds. The fourth-order valence-electron chi connectivity index (χ4n) is 2.27. The number of nitrogens with one attached hydrogen (secondary N) is 1. The van der Waals surface area contributed by atoms with Gasteiger partial charge in [0.2, 0.25) is 0 Å². The van der Waals surface area contributed by atoms with Crippen molar-refractivity contribution in [1.82, 2.24) is 5.32 Å². The van der Waals surface area contributed by atoms with Gasteiger partial charge in [-0.15, -0.1) is 0 Å². The van der Waals surface area contributed by atoms with Crippen LogP contribution in [0, 0.1) is 0 Å². The van der Waals surface area contributed by atoms with Crippen molar-refractivity contribution in [2.75, 3.05) is 0 Å². The maximum atomic E-state index is 12.7. The van der Waals surface area contributed by atoms with Gasteiger partial charge in [0.15, 0.2) is 0 Å². The Morgan fingerprint density at radius 1 is 1.12 bits per heavy atom. The molecule has 0 radical (unpaired) electrons. The van der Waals surface area contributed by atoms with Crippen molar-refractivity contribution in [3.8, 4) is 0 Å². The maximum absolute atomic E-state index is 12.7. The Labute approximate surface area is 145 Å². The van der Waals surface area contributed by atoms with Crippen molar-refractivity contribution < 1.29 is 18.0 Å². The lowest BCUT2D eigenvalue weighted by Crippen LogP contribution is -2.23. The summed E-state index contributed by atoms with van der Waals surface area (Å²) in [5.74, 6) is -0.318. The molecule has 0 aliphatic heterocycles. The van der Waals surface area contributed by atoms with E-state index in [4.69, 9.17) is 0 Å². The quantitative estimate of drug-likeness (QED) is 0.740. The maximum Gasteiger partial charge on any atom is 0.416 e. The molecule has 0 saturated carbocycles. The highest BCUT2D eigenvalue weighted by atomic mass is 19.4. The topological polar surface area (TPSA) is 29.1 Å². The first kappa shape index (κ1) is 18.8. The molecular weight excluding hydrogens is 327 g/mol. The van der Waals surface area contributed by atoms with Crippen LogP contribution in [0.25, 0.3) is 6.08 Å². The van der Waals surface area contributed by atoms with Crippen LogP contribution in [-0.2, 0) is 12.7 Å². The first-order valence-corrected chi connectivity index (χ1v) is 8.11. The number of hydrogen-bond acceptors (Lipinski definition) is 1. The van der Waals surface area contributed by atoms with E-state index in [-0.39, 0.29) is 12.5 Å². The summed E-state index contributed by atoms with van der Waals surface area (Å²) < 4.78 is 38.1. The SMILES string of the molecule is CCCC=Cc1ccc(C(=O)NCc2cccc(C(F)(F)F)c2)cc1. The van der Waals surface area contributed by atoms with Crippen molar-refractivity contribution in [3.63, 3.8) is 0 Å². The fourth-order valence-corrected chi connectivity index (χ4v) is 2.27. The van der Waals surface area contributed by atoms with Crippen LogP contribution in [-0.4, -0.2) is 5.91 Å². The minimum atomic E-state index is -4.39. The lowest BCUT2D eigenvalue weighted by atomic mass is 10.1. The van der Waals surface area contributed by atoms with Gasteiger partial charge in [-0.25, -0.2) is 0 Å². The summed E-state index contributed by atoms with van der Waals surface area (Å²) in [7, 11) is 0. The molecule has 2 aromatic carbocycles. The molecule has 2 nitrogen and oxygen atoms in total. The van der Waals surface area contributed by atoms with E-state index >= 15 is 0 Å². The Bertz CT molecular complexity index is 733. The third-order valence-corrected chi connectivity index (χ3v) is 3.65. The standard InChI is InChI=1S/C20H20F3NO/c1-2-3-4-6-15-9-11-17(12-10-15)19(25)24-14-16-7-5-8-18(13-16)20(21,22)23/h4-13H,2-3,14H2,1H3,(H,24,25). The second kappa shape index (κ2) is 8.51. The second-order valence-electron chi connectivity index (χ2n) is 5.69. The minimum absolute atomic E-state index is 0.0426. The Morgan fingerprint density at radius 3 is 2.48 bits per heavy atom. The molecule has 0 aromatic heterocycles. The molecule has 25 heavy (non-hydrogen) atoms. The molecule has 0 spiro atoms. The molecule has 2 aromatic rings. The monoisotopic (exact) mass is 347 g/mol. The normalized spacial score (nSPS) is 11.7. The van der Waals surface area contributed by atoms with Crippen LogP contribution in [0.4, 0.5) is 13.2 Å². The van der Waals surface area contributed by atoms with Crippen LogP contribution in [0.15, 0.2) is 54.6 Å². The van der Waals surface area contributed by atoms with E-state index in [9.17, 15) is 18.0 Å². The molecule has 0 saturated heterocycles. The summed E-state index contributed by atoms with van der Waals surface area (Å²) >= 11 is 0. The van der Waals surface area contributed by atoms with Crippen molar-refractivity contribution in [3.05, 3.63) is 76.9 Å². The molecule has 0 fully saturated rings. The third-order valence-electron chi connectivity index (χ3n) is 3.65. The Morgan fingerprint density at radius 2 is 1.84 bits per heavy atom. The smallest absolute Gasteiger partial charge is 0.348 e. The molecule has 0 atom stereocenters. The van der Waals surface area contributed by atoms with E-state index in [1.54, 1.807) is 18.2 Å². The zero-order valence-electron chi connectivity index (χ0n) is 13.9. The Kier molecular flexibility index (Phi) is 6.39. The van der Waals surface area contributed by atoms with Crippen LogP contribution in [0.1, 0.15) is 46.8 Å². The van der Waals surface area contributed by atoms with E-state index in [2.05, 4.69) is 18.3 Å². The van der Waals surface area contributed by atoms with E-state index in [0.717, 1.165) is 30.5 Å². The van der Waals surface area contributed by atoms with Crippen LogP contribution in [0.5, 0.6) is 0 Å². The molecule has 1 N–H and O–H groups in total. The van der Waals surface area contributed by atoms with Crippen LogP contribution >= 0.6 is 0 Å². The lowest BCUT2D eigenvalue weighted by Gasteiger charge is -2.10. The average molecular weight is 347 g/mol. The van der Waals surface area contributed by atoms with Crippen molar-refractivity contribution in [1.29, 1.82) is 0 Å². The highest BCUT2D eigenvalue weighted by Crippen LogP contribution is 2.29. The molecule has 0 aliphatic rings. The third kappa shape index (κ3) is 5.78. The largest absolute Gasteiger partial charge is 0.416 e. The van der Waals surface area contributed by atoms with Gasteiger partial charge in [-0.05, 0) is 41.8 Å². The predicted molar refractivity (Wildman–Crippen MR) is 93.0 cm³/mol. The van der Waals surface area contributed by atoms with Gasteiger partial charge >= 0.3 is 6.18 Å². The fraction of sp³-hybridized carbons (Fsp3) is 0.250. The van der Waals surface area contributed by atoms with Gasteiger partial charge in [0.1, 0.15) is 0 Å². The van der Waals surface area contributed by atoms with Crippen molar-refractivity contribution in [2.45, 2.75) is 32.5 Å². The Hall–Kier alpha value is -2.56. The Balaban J connectivity index is 1.96. The predicted octanol–water partition coefficient (Wildman–Crippen LogP) is 5.45. The number of allylic oxidation sites excluding steroid dienone is 1. The number of amides is 1. The first-order chi connectivity index (χ1) is 11.9.